The molecule has 0 heterocycles. The van der Waals surface area contributed by atoms with Gasteiger partial charge in [0.05, 0.1) is 11.8 Å². The van der Waals surface area contributed by atoms with Crippen molar-refractivity contribution in [3.8, 4) is 0 Å². The van der Waals surface area contributed by atoms with E-state index in [0.717, 1.165) is 31.4 Å². The summed E-state index contributed by atoms with van der Waals surface area (Å²) in [7, 11) is -1.16. The molecule has 0 radical (unpaired) electrons. The first-order valence-corrected chi connectivity index (χ1v) is 16.8. The third-order valence-electron chi connectivity index (χ3n) is 8.04. The second-order valence-corrected chi connectivity index (χ2v) is 15.2. The molecule has 0 aromatic heterocycles. The van der Waals surface area contributed by atoms with Gasteiger partial charge < -0.3 is 9.19 Å². The van der Waals surface area contributed by atoms with Gasteiger partial charge in [0.1, 0.15) is 0 Å². The number of rotatable bonds is 22. The van der Waals surface area contributed by atoms with E-state index in [-0.39, 0.29) is 5.41 Å². The highest BCUT2D eigenvalue weighted by Gasteiger charge is 2.46. The van der Waals surface area contributed by atoms with E-state index < -0.39 is 12.7 Å². The minimum Gasteiger partial charge on any atom is -0.312 e. The fourth-order valence-corrected chi connectivity index (χ4v) is 7.93. The Bertz CT molecular complexity index is 720. The molecule has 2 atom stereocenters. The Balaban J connectivity index is 3.09. The third-order valence-corrected chi connectivity index (χ3v) is 11.3. The van der Waals surface area contributed by atoms with Gasteiger partial charge >= 0.3 is 7.52 Å². The summed E-state index contributed by atoms with van der Waals surface area (Å²) in [5.74, 6) is 0. The predicted octanol–water partition coefficient (Wildman–Crippen LogP) is 11.4. The highest BCUT2D eigenvalue weighted by Crippen LogP contribution is 2.64. The van der Waals surface area contributed by atoms with E-state index in [4.69, 9.17) is 4.52 Å². The van der Waals surface area contributed by atoms with Crippen LogP contribution in [0.3, 0.4) is 0 Å². The van der Waals surface area contributed by atoms with Crippen molar-refractivity contribution in [2.45, 2.75) is 149 Å². The molecular formula is C32H60NO2P. The van der Waals surface area contributed by atoms with Crippen LogP contribution in [0.15, 0.2) is 30.3 Å². The van der Waals surface area contributed by atoms with Crippen molar-refractivity contribution in [3.05, 3.63) is 30.3 Å². The number of unbranched alkanes of at least 4 members (excludes halogenated alkanes) is 10. The fraction of sp³-hybridized carbons (Fsp3) is 0.812. The zero-order valence-corrected chi connectivity index (χ0v) is 26.0. The van der Waals surface area contributed by atoms with Gasteiger partial charge in [0.25, 0.3) is 0 Å². The van der Waals surface area contributed by atoms with Crippen LogP contribution >= 0.6 is 7.52 Å². The van der Waals surface area contributed by atoms with E-state index >= 15 is 0 Å². The number of nitrogens with zero attached hydrogens (tertiary/aromatic N) is 1. The maximum Gasteiger partial charge on any atom is 0.301 e. The number of hydrogen-bond acceptors (Lipinski definition) is 2. The molecule has 0 fully saturated rings. The maximum atomic E-state index is 14.9. The van der Waals surface area contributed by atoms with Crippen molar-refractivity contribution >= 4 is 13.2 Å². The standard InChI is InChI=1S/C32H60NO2P/c1-8-11-14-17-23-28-32(6,27-22-16-13-10-3)29-35-36(34,31(4,5)26-21-15-12-9-2)33(7)30-24-19-18-20-25-30/h18-20,24-25H,8-17,21-23,26-29H2,1-7H3. The Morgan fingerprint density at radius 3 is 1.64 bits per heavy atom. The van der Waals surface area contributed by atoms with Crippen LogP contribution in [0, 0.1) is 5.41 Å². The molecule has 4 heteroatoms. The van der Waals surface area contributed by atoms with E-state index in [1.54, 1.807) is 0 Å². The largest absolute Gasteiger partial charge is 0.312 e. The molecular weight excluding hydrogens is 461 g/mol. The topological polar surface area (TPSA) is 29.5 Å². The van der Waals surface area contributed by atoms with Gasteiger partial charge in [-0.3, -0.25) is 4.57 Å². The summed E-state index contributed by atoms with van der Waals surface area (Å²) in [5.41, 5.74) is 1.05. The van der Waals surface area contributed by atoms with Crippen molar-refractivity contribution in [3.63, 3.8) is 0 Å². The average Bonchev–Trinajstić information content (AvgIpc) is 2.88. The smallest absolute Gasteiger partial charge is 0.301 e. The van der Waals surface area contributed by atoms with E-state index in [9.17, 15) is 4.57 Å². The number of benzene rings is 1. The van der Waals surface area contributed by atoms with Crippen molar-refractivity contribution in [2.75, 3.05) is 18.3 Å². The zero-order valence-electron chi connectivity index (χ0n) is 25.1. The first kappa shape index (κ1) is 33.2. The van der Waals surface area contributed by atoms with Crippen LogP contribution in [0.5, 0.6) is 0 Å². The molecule has 0 saturated heterocycles. The Hall–Kier alpha value is -0.790. The molecule has 1 aromatic rings. The molecule has 0 N–H and O–H groups in total. The van der Waals surface area contributed by atoms with Gasteiger partial charge in [-0.1, -0.05) is 129 Å². The lowest BCUT2D eigenvalue weighted by Crippen LogP contribution is -2.34. The summed E-state index contributed by atoms with van der Waals surface area (Å²) >= 11 is 0. The van der Waals surface area contributed by atoms with Gasteiger partial charge in [0.15, 0.2) is 0 Å². The molecule has 1 aromatic carbocycles. The number of para-hydroxylation sites is 1. The van der Waals surface area contributed by atoms with Crippen LogP contribution in [0.2, 0.25) is 0 Å². The van der Waals surface area contributed by atoms with Gasteiger partial charge in [-0.25, -0.2) is 0 Å². The van der Waals surface area contributed by atoms with Crippen LogP contribution in [0.1, 0.15) is 144 Å². The minimum atomic E-state index is -3.14. The van der Waals surface area contributed by atoms with Crippen LogP contribution < -0.4 is 4.67 Å². The Labute approximate surface area is 225 Å². The molecule has 36 heavy (non-hydrogen) atoms. The van der Waals surface area contributed by atoms with E-state index in [0.29, 0.717) is 6.61 Å². The van der Waals surface area contributed by atoms with Crippen LogP contribution in [0.25, 0.3) is 0 Å². The molecule has 0 aliphatic rings. The van der Waals surface area contributed by atoms with Gasteiger partial charge in [-0.15, -0.1) is 0 Å². The summed E-state index contributed by atoms with van der Waals surface area (Å²) in [5, 5.41) is -0.407. The van der Waals surface area contributed by atoms with Crippen LogP contribution in [-0.4, -0.2) is 18.8 Å². The minimum absolute atomic E-state index is 0.0748. The monoisotopic (exact) mass is 521 g/mol. The van der Waals surface area contributed by atoms with Gasteiger partial charge in [-0.05, 0) is 50.7 Å². The fourth-order valence-electron chi connectivity index (χ4n) is 5.24. The summed E-state index contributed by atoms with van der Waals surface area (Å²) in [6.45, 7) is 14.1. The Kier molecular flexibility index (Phi) is 16.3. The first-order valence-electron chi connectivity index (χ1n) is 15.2. The summed E-state index contributed by atoms with van der Waals surface area (Å²) in [4.78, 5) is 0. The second kappa shape index (κ2) is 17.7. The van der Waals surface area contributed by atoms with E-state index in [2.05, 4.69) is 53.7 Å². The third kappa shape index (κ3) is 11.3. The van der Waals surface area contributed by atoms with Gasteiger partial charge in [-0.2, -0.15) is 0 Å². The predicted molar refractivity (Wildman–Crippen MR) is 161 cm³/mol. The average molecular weight is 522 g/mol. The van der Waals surface area contributed by atoms with Crippen molar-refractivity contribution in [2.24, 2.45) is 5.41 Å². The molecule has 1 rings (SSSR count). The molecule has 210 valence electrons. The van der Waals surface area contributed by atoms with Gasteiger partial charge in [0.2, 0.25) is 0 Å². The summed E-state index contributed by atoms with van der Waals surface area (Å²) in [6, 6.07) is 10.2. The molecule has 0 saturated carbocycles. The molecule has 0 aliphatic carbocycles. The lowest BCUT2D eigenvalue weighted by Gasteiger charge is -2.42. The molecule has 0 aliphatic heterocycles. The van der Waals surface area contributed by atoms with Crippen molar-refractivity contribution in [1.29, 1.82) is 0 Å². The molecule has 2 unspecified atom stereocenters. The molecule has 0 bridgehead atoms. The summed E-state index contributed by atoms with van der Waals surface area (Å²) in [6.07, 6.45) is 19.5. The first-order chi connectivity index (χ1) is 17.2. The van der Waals surface area contributed by atoms with E-state index in [1.807, 2.05) is 29.9 Å². The van der Waals surface area contributed by atoms with Crippen LogP contribution in [0.4, 0.5) is 5.69 Å². The molecule has 3 nitrogen and oxygen atoms in total. The normalized spacial score (nSPS) is 15.4. The van der Waals surface area contributed by atoms with Crippen molar-refractivity contribution < 1.29 is 9.09 Å². The highest BCUT2D eigenvalue weighted by molar-refractivity contribution is 7.62. The quantitative estimate of drug-likeness (QED) is 0.112. The Morgan fingerprint density at radius 1 is 0.694 bits per heavy atom. The van der Waals surface area contributed by atoms with E-state index in [1.165, 1.54) is 77.0 Å². The number of anilines is 1. The zero-order chi connectivity index (χ0) is 26.9. The highest BCUT2D eigenvalue weighted by atomic mass is 31.2. The Morgan fingerprint density at radius 2 is 1.14 bits per heavy atom. The molecule has 0 amide bonds. The maximum absolute atomic E-state index is 14.9. The number of hydrogen-bond donors (Lipinski definition) is 0. The molecule has 0 spiro atoms. The van der Waals surface area contributed by atoms with Crippen LogP contribution in [-0.2, 0) is 9.09 Å². The lowest BCUT2D eigenvalue weighted by molar-refractivity contribution is 0.130. The summed E-state index contributed by atoms with van der Waals surface area (Å²) < 4.78 is 23.7. The van der Waals surface area contributed by atoms with Gasteiger partial charge in [0, 0.05) is 12.7 Å². The second-order valence-electron chi connectivity index (χ2n) is 12.1. The SMILES string of the molecule is CCCCCCCC(C)(CCCCCC)COP(=O)(N(C)c1ccccc1)C(C)(C)CCCCCC. The lowest BCUT2D eigenvalue weighted by atomic mass is 9.80. The van der Waals surface area contributed by atoms with Crippen molar-refractivity contribution in [1.82, 2.24) is 0 Å².